The van der Waals surface area contributed by atoms with E-state index in [0.717, 1.165) is 11.3 Å². The van der Waals surface area contributed by atoms with E-state index in [0.29, 0.717) is 5.56 Å². The first-order chi connectivity index (χ1) is 8.16. The van der Waals surface area contributed by atoms with E-state index < -0.39 is 0 Å². The highest BCUT2D eigenvalue weighted by atomic mass is 16.1. The van der Waals surface area contributed by atoms with Crippen molar-refractivity contribution in [1.82, 2.24) is 14.8 Å². The summed E-state index contributed by atoms with van der Waals surface area (Å²) in [6, 6.07) is 3.73. The van der Waals surface area contributed by atoms with Crippen molar-refractivity contribution >= 4 is 11.9 Å². The molecule has 2 heterocycles. The van der Waals surface area contributed by atoms with Gasteiger partial charge in [-0.1, -0.05) is 6.07 Å². The van der Waals surface area contributed by atoms with Gasteiger partial charge in [0.05, 0.1) is 11.3 Å². The van der Waals surface area contributed by atoms with Crippen LogP contribution in [0.2, 0.25) is 0 Å². The second-order valence-corrected chi connectivity index (χ2v) is 3.79. The third kappa shape index (κ3) is 2.66. The van der Waals surface area contributed by atoms with Crippen LogP contribution in [0.3, 0.4) is 0 Å². The summed E-state index contributed by atoms with van der Waals surface area (Å²) in [5, 5.41) is 4.14. The van der Waals surface area contributed by atoms with Crippen LogP contribution in [-0.4, -0.2) is 20.5 Å². The number of rotatable bonds is 3. The molecule has 0 saturated heterocycles. The molecule has 0 aliphatic carbocycles. The average molecular weight is 227 g/mol. The molecule has 0 amide bonds. The molecule has 0 saturated carbocycles. The quantitative estimate of drug-likeness (QED) is 0.595. The highest BCUT2D eigenvalue weighted by molar-refractivity contribution is 6.07. The summed E-state index contributed by atoms with van der Waals surface area (Å²) >= 11 is 0. The van der Waals surface area contributed by atoms with E-state index >= 15 is 0 Å². The second-order valence-electron chi connectivity index (χ2n) is 3.79. The lowest BCUT2D eigenvalue weighted by molar-refractivity contribution is 0.104. The first-order valence-electron chi connectivity index (χ1n) is 5.29. The Labute approximate surface area is 99.6 Å². The van der Waals surface area contributed by atoms with Crippen molar-refractivity contribution in [3.8, 4) is 0 Å². The molecule has 0 atom stereocenters. The van der Waals surface area contributed by atoms with Gasteiger partial charge in [0, 0.05) is 25.6 Å². The number of allylic oxidation sites excluding steroid dienone is 1. The molecular formula is C13H13N3O. The average Bonchev–Trinajstić information content (AvgIpc) is 2.67. The van der Waals surface area contributed by atoms with Gasteiger partial charge in [0.1, 0.15) is 0 Å². The first-order valence-corrected chi connectivity index (χ1v) is 5.29. The van der Waals surface area contributed by atoms with Crippen molar-refractivity contribution in [2.45, 2.75) is 6.92 Å². The number of hydrogen-bond acceptors (Lipinski definition) is 3. The van der Waals surface area contributed by atoms with Crippen LogP contribution in [0.5, 0.6) is 0 Å². The van der Waals surface area contributed by atoms with Crippen molar-refractivity contribution in [2.75, 3.05) is 0 Å². The van der Waals surface area contributed by atoms with Gasteiger partial charge in [-0.2, -0.15) is 5.10 Å². The minimum absolute atomic E-state index is 0.0422. The van der Waals surface area contributed by atoms with Crippen LogP contribution >= 0.6 is 0 Å². The highest BCUT2D eigenvalue weighted by Gasteiger charge is 2.08. The van der Waals surface area contributed by atoms with Crippen LogP contribution in [0.4, 0.5) is 0 Å². The van der Waals surface area contributed by atoms with Crippen LogP contribution in [-0.2, 0) is 7.05 Å². The number of ketones is 1. The molecule has 4 nitrogen and oxygen atoms in total. The number of pyridine rings is 1. The lowest BCUT2D eigenvalue weighted by Gasteiger charge is -1.92. The molecule has 0 aliphatic rings. The van der Waals surface area contributed by atoms with Gasteiger partial charge in [0.25, 0.3) is 0 Å². The Morgan fingerprint density at radius 3 is 2.88 bits per heavy atom. The first kappa shape index (κ1) is 11.3. The Hall–Kier alpha value is -2.23. The third-order valence-corrected chi connectivity index (χ3v) is 2.39. The van der Waals surface area contributed by atoms with Gasteiger partial charge in [0.2, 0.25) is 0 Å². The predicted octanol–water partition coefficient (Wildman–Crippen LogP) is 2.02. The molecular weight excluding hydrogens is 214 g/mol. The molecule has 0 bridgehead atoms. The van der Waals surface area contributed by atoms with E-state index in [1.54, 1.807) is 42.5 Å². The van der Waals surface area contributed by atoms with E-state index in [-0.39, 0.29) is 5.78 Å². The van der Waals surface area contributed by atoms with Crippen LogP contribution < -0.4 is 0 Å². The molecule has 2 aromatic heterocycles. The predicted molar refractivity (Wildman–Crippen MR) is 65.5 cm³/mol. The number of nitrogens with zero attached hydrogens (tertiary/aromatic N) is 3. The summed E-state index contributed by atoms with van der Waals surface area (Å²) in [6.45, 7) is 1.82. The van der Waals surface area contributed by atoms with E-state index in [1.165, 1.54) is 0 Å². The number of carbonyl (C=O) groups is 1. The largest absolute Gasteiger partial charge is 0.289 e. The second kappa shape index (κ2) is 4.74. The Morgan fingerprint density at radius 2 is 2.29 bits per heavy atom. The van der Waals surface area contributed by atoms with Gasteiger partial charge >= 0.3 is 0 Å². The van der Waals surface area contributed by atoms with Crippen molar-refractivity contribution in [1.29, 1.82) is 0 Å². The van der Waals surface area contributed by atoms with E-state index in [1.807, 2.05) is 19.1 Å². The summed E-state index contributed by atoms with van der Waals surface area (Å²) in [5.74, 6) is -0.0422. The van der Waals surface area contributed by atoms with Gasteiger partial charge in [-0.15, -0.1) is 0 Å². The van der Waals surface area contributed by atoms with Crippen molar-refractivity contribution in [3.05, 3.63) is 53.6 Å². The van der Waals surface area contributed by atoms with Crippen LogP contribution in [0.1, 0.15) is 21.6 Å². The molecule has 86 valence electrons. The molecule has 0 spiro atoms. The summed E-state index contributed by atoms with van der Waals surface area (Å²) < 4.78 is 1.64. The lowest BCUT2D eigenvalue weighted by atomic mass is 10.1. The lowest BCUT2D eigenvalue weighted by Crippen LogP contribution is -1.94. The number of aromatic nitrogens is 3. The van der Waals surface area contributed by atoms with E-state index in [2.05, 4.69) is 10.1 Å². The van der Waals surface area contributed by atoms with Gasteiger partial charge in [-0.05, 0) is 30.7 Å². The molecule has 0 fully saturated rings. The Morgan fingerprint density at radius 1 is 1.47 bits per heavy atom. The topological polar surface area (TPSA) is 47.8 Å². The zero-order valence-electron chi connectivity index (χ0n) is 9.79. The fourth-order valence-corrected chi connectivity index (χ4v) is 1.58. The Kier molecular flexibility index (Phi) is 3.14. The molecule has 2 rings (SSSR count). The SMILES string of the molecule is Cc1nn(C)cc1C(=O)/C=C/c1cccnc1. The van der Waals surface area contributed by atoms with Crippen LogP contribution in [0.25, 0.3) is 6.08 Å². The Balaban J connectivity index is 2.18. The molecule has 2 aromatic rings. The van der Waals surface area contributed by atoms with Crippen molar-refractivity contribution in [3.63, 3.8) is 0 Å². The normalized spacial score (nSPS) is 10.9. The maximum absolute atomic E-state index is 11.9. The Bertz CT molecular complexity index is 555. The smallest absolute Gasteiger partial charge is 0.189 e. The maximum atomic E-state index is 11.9. The number of carbonyl (C=O) groups excluding carboxylic acids is 1. The number of aryl methyl sites for hydroxylation is 2. The highest BCUT2D eigenvalue weighted by Crippen LogP contribution is 2.08. The zero-order valence-corrected chi connectivity index (χ0v) is 9.79. The van der Waals surface area contributed by atoms with Gasteiger partial charge in [0.15, 0.2) is 5.78 Å². The van der Waals surface area contributed by atoms with Gasteiger partial charge in [-0.3, -0.25) is 14.5 Å². The molecule has 0 radical (unpaired) electrons. The maximum Gasteiger partial charge on any atom is 0.189 e. The van der Waals surface area contributed by atoms with Crippen molar-refractivity contribution in [2.24, 2.45) is 7.05 Å². The summed E-state index contributed by atoms with van der Waals surface area (Å²) in [7, 11) is 1.80. The fourth-order valence-electron chi connectivity index (χ4n) is 1.58. The molecule has 0 aromatic carbocycles. The van der Waals surface area contributed by atoms with Crippen LogP contribution in [0, 0.1) is 6.92 Å². The monoisotopic (exact) mass is 227 g/mol. The standard InChI is InChI=1S/C13H13N3O/c1-10-12(9-16(2)15-10)13(17)6-5-11-4-3-7-14-8-11/h3-9H,1-2H3/b6-5+. The summed E-state index contributed by atoms with van der Waals surface area (Å²) in [4.78, 5) is 15.9. The minimum Gasteiger partial charge on any atom is -0.289 e. The zero-order chi connectivity index (χ0) is 12.3. The third-order valence-electron chi connectivity index (χ3n) is 2.39. The van der Waals surface area contributed by atoms with E-state index in [9.17, 15) is 4.79 Å². The van der Waals surface area contributed by atoms with Gasteiger partial charge in [-0.25, -0.2) is 0 Å². The number of hydrogen-bond donors (Lipinski definition) is 0. The molecule has 4 heteroatoms. The molecule has 0 N–H and O–H groups in total. The fraction of sp³-hybridized carbons (Fsp3) is 0.154. The van der Waals surface area contributed by atoms with Crippen LogP contribution in [0.15, 0.2) is 36.8 Å². The van der Waals surface area contributed by atoms with Gasteiger partial charge < -0.3 is 0 Å². The molecule has 0 aliphatic heterocycles. The van der Waals surface area contributed by atoms with Crippen molar-refractivity contribution < 1.29 is 4.79 Å². The molecule has 0 unspecified atom stereocenters. The summed E-state index contributed by atoms with van der Waals surface area (Å²) in [6.07, 6.45) is 8.43. The van der Waals surface area contributed by atoms with E-state index in [4.69, 9.17) is 0 Å². The minimum atomic E-state index is -0.0422. The molecule has 17 heavy (non-hydrogen) atoms. The summed E-state index contributed by atoms with van der Waals surface area (Å²) in [5.41, 5.74) is 2.28.